The average Bonchev–Trinajstić information content (AvgIpc) is 2.28. The Bertz CT molecular complexity index is 349. The first-order valence-electron chi connectivity index (χ1n) is 4.93. The maximum atomic E-state index is 11.4. The maximum Gasteiger partial charge on any atom is 0.326 e. The highest BCUT2D eigenvalue weighted by Gasteiger charge is 2.34. The van der Waals surface area contributed by atoms with Crippen LogP contribution in [0.1, 0.15) is 24.3 Å². The lowest BCUT2D eigenvalue weighted by Crippen LogP contribution is -2.31. The number of hydrogen-bond donors (Lipinski definition) is 0. The zero-order valence-electron chi connectivity index (χ0n) is 9.24. The molecule has 2 unspecified atom stereocenters. The van der Waals surface area contributed by atoms with Gasteiger partial charge in [0.05, 0.1) is 12.5 Å². The van der Waals surface area contributed by atoms with Crippen LogP contribution in [0.3, 0.4) is 0 Å². The van der Waals surface area contributed by atoms with Crippen LogP contribution in [0, 0.1) is 0 Å². The van der Waals surface area contributed by atoms with Gasteiger partial charge in [0.25, 0.3) is 0 Å². The SMILES string of the molecule is COC(=O)C(C)(Cl)CC(Cl)c1ccccc1. The van der Waals surface area contributed by atoms with Crippen molar-refractivity contribution < 1.29 is 9.53 Å². The molecule has 0 N–H and O–H groups in total. The van der Waals surface area contributed by atoms with E-state index in [0.717, 1.165) is 5.56 Å². The highest BCUT2D eigenvalue weighted by Crippen LogP contribution is 2.34. The molecular formula is C12H14Cl2O2. The lowest BCUT2D eigenvalue weighted by atomic mass is 10.00. The Morgan fingerprint density at radius 1 is 1.44 bits per heavy atom. The normalized spacial score (nSPS) is 16.2. The largest absolute Gasteiger partial charge is 0.468 e. The number of halogens is 2. The van der Waals surface area contributed by atoms with E-state index in [1.165, 1.54) is 7.11 Å². The average molecular weight is 261 g/mol. The standard InChI is InChI=1S/C12H14Cl2O2/c1-12(14,11(15)16-2)8-10(13)9-6-4-3-5-7-9/h3-7,10H,8H2,1-2H3. The molecule has 0 spiro atoms. The third kappa shape index (κ3) is 3.39. The molecule has 1 aromatic carbocycles. The smallest absolute Gasteiger partial charge is 0.326 e. The number of carbonyl (C=O) groups is 1. The molecule has 0 radical (unpaired) electrons. The van der Waals surface area contributed by atoms with Crippen LogP contribution in [0.15, 0.2) is 30.3 Å². The lowest BCUT2D eigenvalue weighted by molar-refractivity contribution is -0.143. The molecule has 0 aromatic heterocycles. The first kappa shape index (κ1) is 13.3. The van der Waals surface area contributed by atoms with Gasteiger partial charge >= 0.3 is 5.97 Å². The Morgan fingerprint density at radius 3 is 2.50 bits per heavy atom. The minimum absolute atomic E-state index is 0.303. The summed E-state index contributed by atoms with van der Waals surface area (Å²) in [6.45, 7) is 1.61. The molecule has 2 nitrogen and oxygen atoms in total. The van der Waals surface area contributed by atoms with E-state index in [1.54, 1.807) is 6.92 Å². The predicted molar refractivity (Wildman–Crippen MR) is 65.9 cm³/mol. The van der Waals surface area contributed by atoms with Gasteiger partial charge in [-0.1, -0.05) is 30.3 Å². The highest BCUT2D eigenvalue weighted by molar-refractivity contribution is 6.34. The summed E-state index contributed by atoms with van der Waals surface area (Å²) in [4.78, 5) is 10.3. The molecular weight excluding hydrogens is 247 g/mol. The second-order valence-electron chi connectivity index (χ2n) is 3.77. The van der Waals surface area contributed by atoms with Crippen LogP contribution in [0.5, 0.6) is 0 Å². The van der Waals surface area contributed by atoms with E-state index in [-0.39, 0.29) is 5.38 Å². The number of esters is 1. The van der Waals surface area contributed by atoms with Crippen molar-refractivity contribution in [3.05, 3.63) is 35.9 Å². The van der Waals surface area contributed by atoms with Gasteiger partial charge in [0, 0.05) is 0 Å². The molecule has 88 valence electrons. The van der Waals surface area contributed by atoms with E-state index in [1.807, 2.05) is 30.3 Å². The minimum atomic E-state index is -1.09. The Balaban J connectivity index is 2.71. The molecule has 0 amide bonds. The summed E-state index contributed by atoms with van der Waals surface area (Å²) in [5, 5.41) is -0.303. The molecule has 1 rings (SSSR count). The van der Waals surface area contributed by atoms with Gasteiger partial charge in [-0.25, -0.2) is 0 Å². The molecule has 0 saturated heterocycles. The number of methoxy groups -OCH3 is 1. The summed E-state index contributed by atoms with van der Waals surface area (Å²) < 4.78 is 4.62. The van der Waals surface area contributed by atoms with E-state index in [9.17, 15) is 4.79 Å². The Labute approximate surface area is 106 Å². The van der Waals surface area contributed by atoms with Crippen LogP contribution >= 0.6 is 23.2 Å². The van der Waals surface area contributed by atoms with E-state index < -0.39 is 10.8 Å². The third-order valence-electron chi connectivity index (χ3n) is 2.33. The quantitative estimate of drug-likeness (QED) is 0.612. The number of carbonyl (C=O) groups excluding carboxylic acids is 1. The molecule has 2 atom stereocenters. The monoisotopic (exact) mass is 260 g/mol. The molecule has 0 aliphatic rings. The highest BCUT2D eigenvalue weighted by atomic mass is 35.5. The zero-order chi connectivity index (χ0) is 12.2. The molecule has 0 aliphatic heterocycles. The van der Waals surface area contributed by atoms with Crippen LogP contribution in [0.2, 0.25) is 0 Å². The van der Waals surface area contributed by atoms with Crippen molar-refractivity contribution in [2.45, 2.75) is 23.6 Å². The van der Waals surface area contributed by atoms with Crippen LogP contribution in [0.4, 0.5) is 0 Å². The van der Waals surface area contributed by atoms with Crippen molar-refractivity contribution in [1.82, 2.24) is 0 Å². The number of alkyl halides is 2. The predicted octanol–water partition coefficient (Wildman–Crippen LogP) is 3.53. The van der Waals surface area contributed by atoms with Crippen molar-refractivity contribution >= 4 is 29.2 Å². The Morgan fingerprint density at radius 2 is 2.00 bits per heavy atom. The summed E-state index contributed by atoms with van der Waals surface area (Å²) in [7, 11) is 1.31. The van der Waals surface area contributed by atoms with Gasteiger partial charge in [-0.3, -0.25) is 4.79 Å². The van der Waals surface area contributed by atoms with E-state index >= 15 is 0 Å². The molecule has 1 aromatic rings. The lowest BCUT2D eigenvalue weighted by Gasteiger charge is -2.22. The molecule has 0 saturated carbocycles. The number of ether oxygens (including phenoxy) is 1. The van der Waals surface area contributed by atoms with E-state index in [0.29, 0.717) is 6.42 Å². The minimum Gasteiger partial charge on any atom is -0.468 e. The van der Waals surface area contributed by atoms with E-state index in [4.69, 9.17) is 23.2 Å². The van der Waals surface area contributed by atoms with Crippen molar-refractivity contribution in [2.75, 3.05) is 7.11 Å². The Kier molecular flexibility index (Phi) is 4.63. The van der Waals surface area contributed by atoms with Gasteiger partial charge in [-0.2, -0.15) is 0 Å². The first-order chi connectivity index (χ1) is 7.47. The molecule has 0 bridgehead atoms. The van der Waals surface area contributed by atoms with Gasteiger partial charge < -0.3 is 4.74 Å². The summed E-state index contributed by atoms with van der Waals surface area (Å²) in [5.41, 5.74) is 0.944. The number of rotatable bonds is 4. The fourth-order valence-corrected chi connectivity index (χ4v) is 2.18. The van der Waals surface area contributed by atoms with Gasteiger partial charge in [0.1, 0.15) is 4.87 Å². The van der Waals surface area contributed by atoms with Gasteiger partial charge in [-0.15, -0.1) is 23.2 Å². The fraction of sp³-hybridized carbons (Fsp3) is 0.417. The van der Waals surface area contributed by atoms with Gasteiger partial charge in [0.15, 0.2) is 0 Å². The third-order valence-corrected chi connectivity index (χ3v) is 3.05. The topological polar surface area (TPSA) is 26.3 Å². The molecule has 4 heteroatoms. The van der Waals surface area contributed by atoms with Crippen LogP contribution in [0.25, 0.3) is 0 Å². The summed E-state index contributed by atoms with van der Waals surface area (Å²) >= 11 is 12.3. The Hall–Kier alpha value is -0.730. The van der Waals surface area contributed by atoms with Crippen molar-refractivity contribution in [3.8, 4) is 0 Å². The first-order valence-corrected chi connectivity index (χ1v) is 5.75. The summed E-state index contributed by atoms with van der Waals surface area (Å²) in [5.74, 6) is -0.462. The molecule has 0 aliphatic carbocycles. The summed E-state index contributed by atoms with van der Waals surface area (Å²) in [6.07, 6.45) is 0.326. The number of benzene rings is 1. The summed E-state index contributed by atoms with van der Waals surface area (Å²) in [6, 6.07) is 9.51. The molecule has 16 heavy (non-hydrogen) atoms. The van der Waals surface area contributed by atoms with Gasteiger partial charge in [0.2, 0.25) is 0 Å². The number of hydrogen-bond acceptors (Lipinski definition) is 2. The second-order valence-corrected chi connectivity index (χ2v) is 5.13. The van der Waals surface area contributed by atoms with Crippen molar-refractivity contribution in [1.29, 1.82) is 0 Å². The molecule has 0 fully saturated rings. The van der Waals surface area contributed by atoms with Crippen LogP contribution in [-0.2, 0) is 9.53 Å². The maximum absolute atomic E-state index is 11.4. The van der Waals surface area contributed by atoms with Crippen LogP contribution < -0.4 is 0 Å². The van der Waals surface area contributed by atoms with Crippen molar-refractivity contribution in [3.63, 3.8) is 0 Å². The molecule has 0 heterocycles. The fourth-order valence-electron chi connectivity index (χ4n) is 1.41. The van der Waals surface area contributed by atoms with Gasteiger partial charge in [-0.05, 0) is 18.9 Å². The van der Waals surface area contributed by atoms with E-state index in [2.05, 4.69) is 4.74 Å². The van der Waals surface area contributed by atoms with Crippen LogP contribution in [-0.4, -0.2) is 18.0 Å². The second kappa shape index (κ2) is 5.55. The zero-order valence-corrected chi connectivity index (χ0v) is 10.8. The van der Waals surface area contributed by atoms with Crippen molar-refractivity contribution in [2.24, 2.45) is 0 Å².